The van der Waals surface area contributed by atoms with E-state index in [1.165, 1.54) is 16.4 Å². The van der Waals surface area contributed by atoms with Crippen molar-refractivity contribution in [1.29, 1.82) is 0 Å². The summed E-state index contributed by atoms with van der Waals surface area (Å²) in [5, 5.41) is 5.14. The predicted octanol–water partition coefficient (Wildman–Crippen LogP) is 3.80. The van der Waals surface area contributed by atoms with E-state index in [2.05, 4.69) is 19.2 Å². The van der Waals surface area contributed by atoms with Crippen LogP contribution in [-0.4, -0.2) is 31.7 Å². The lowest BCUT2D eigenvalue weighted by Gasteiger charge is -2.32. The fourth-order valence-corrected chi connectivity index (χ4v) is 5.84. The van der Waals surface area contributed by atoms with E-state index >= 15 is 0 Å². The van der Waals surface area contributed by atoms with Crippen LogP contribution < -0.4 is 5.32 Å². The topological polar surface area (TPSA) is 66.5 Å². The summed E-state index contributed by atoms with van der Waals surface area (Å²) in [4.78, 5) is 14.0. The van der Waals surface area contributed by atoms with Gasteiger partial charge in [0.15, 0.2) is 0 Å². The zero-order chi connectivity index (χ0) is 20.3. The Balaban J connectivity index is 1.61. The lowest BCUT2D eigenvalue weighted by molar-refractivity contribution is -0.127. The fraction of sp³-hybridized carbons (Fsp3) is 0.450. The molecule has 0 radical (unpaired) electrons. The molecular formula is C20H25FN2O3S2. The zero-order valence-electron chi connectivity index (χ0n) is 16.0. The van der Waals surface area contributed by atoms with Gasteiger partial charge in [0.25, 0.3) is 0 Å². The SMILES string of the molecule is CC(C)[C@H](NC(=O)C1CCN(S(=O)(=O)c2ccc(F)cc2)CC1)c1cccs1. The molecule has 0 spiro atoms. The first kappa shape index (κ1) is 21.0. The molecule has 1 atom stereocenters. The van der Waals surface area contributed by atoms with Crippen LogP contribution in [0.2, 0.25) is 0 Å². The van der Waals surface area contributed by atoms with Crippen molar-refractivity contribution in [2.24, 2.45) is 11.8 Å². The third-order valence-electron chi connectivity index (χ3n) is 5.09. The van der Waals surface area contributed by atoms with Crippen LogP contribution in [-0.2, 0) is 14.8 Å². The van der Waals surface area contributed by atoms with E-state index in [4.69, 9.17) is 0 Å². The van der Waals surface area contributed by atoms with Crippen molar-refractivity contribution in [3.8, 4) is 0 Å². The van der Waals surface area contributed by atoms with Crippen molar-refractivity contribution >= 4 is 27.3 Å². The summed E-state index contributed by atoms with van der Waals surface area (Å²) in [6.07, 6.45) is 0.947. The summed E-state index contributed by atoms with van der Waals surface area (Å²) in [7, 11) is -3.66. The summed E-state index contributed by atoms with van der Waals surface area (Å²) < 4.78 is 39.8. The second-order valence-corrected chi connectivity index (χ2v) is 10.3. The van der Waals surface area contributed by atoms with E-state index in [9.17, 15) is 17.6 Å². The van der Waals surface area contributed by atoms with Gasteiger partial charge >= 0.3 is 0 Å². The normalized spacial score (nSPS) is 17.6. The van der Waals surface area contributed by atoms with Crippen LogP contribution in [0.1, 0.15) is 37.6 Å². The Morgan fingerprint density at radius 2 is 1.82 bits per heavy atom. The van der Waals surface area contributed by atoms with Crippen molar-refractivity contribution in [3.63, 3.8) is 0 Å². The third kappa shape index (κ3) is 4.61. The minimum absolute atomic E-state index is 0.0223. The maximum atomic E-state index is 13.1. The number of sulfonamides is 1. The Hall–Kier alpha value is -1.77. The molecule has 152 valence electrons. The second kappa shape index (κ2) is 8.71. The Kier molecular flexibility index (Phi) is 6.52. The minimum atomic E-state index is -3.66. The number of benzene rings is 1. The van der Waals surface area contributed by atoms with Gasteiger partial charge in [-0.25, -0.2) is 12.8 Å². The van der Waals surface area contributed by atoms with E-state index in [0.29, 0.717) is 12.8 Å². The fourth-order valence-electron chi connectivity index (χ4n) is 3.42. The molecule has 1 amide bonds. The average molecular weight is 425 g/mol. The molecule has 0 bridgehead atoms. The van der Waals surface area contributed by atoms with Crippen molar-refractivity contribution < 1.29 is 17.6 Å². The van der Waals surface area contributed by atoms with Gasteiger partial charge in [-0.15, -0.1) is 11.3 Å². The van der Waals surface area contributed by atoms with Gasteiger partial charge in [0.1, 0.15) is 5.82 Å². The van der Waals surface area contributed by atoms with Crippen LogP contribution in [0.15, 0.2) is 46.7 Å². The summed E-state index contributed by atoms with van der Waals surface area (Å²) in [5.74, 6) is -0.437. The smallest absolute Gasteiger partial charge is 0.243 e. The Bertz CT molecular complexity index is 888. The first-order valence-corrected chi connectivity index (χ1v) is 11.7. The van der Waals surface area contributed by atoms with E-state index in [-0.39, 0.29) is 41.8 Å². The van der Waals surface area contributed by atoms with Gasteiger partial charge in [0, 0.05) is 23.9 Å². The predicted molar refractivity (Wildman–Crippen MR) is 108 cm³/mol. The van der Waals surface area contributed by atoms with E-state index < -0.39 is 15.8 Å². The number of hydrogen-bond acceptors (Lipinski definition) is 4. The maximum Gasteiger partial charge on any atom is 0.243 e. The largest absolute Gasteiger partial charge is 0.348 e. The molecule has 5 nitrogen and oxygen atoms in total. The van der Waals surface area contributed by atoms with Crippen LogP contribution in [0.5, 0.6) is 0 Å². The molecule has 1 fully saturated rings. The number of rotatable bonds is 6. The lowest BCUT2D eigenvalue weighted by atomic mass is 9.95. The summed E-state index contributed by atoms with van der Waals surface area (Å²) >= 11 is 1.62. The van der Waals surface area contributed by atoms with Gasteiger partial charge in [0.05, 0.1) is 10.9 Å². The van der Waals surface area contributed by atoms with Gasteiger partial charge in [-0.3, -0.25) is 4.79 Å². The Morgan fingerprint density at radius 3 is 2.36 bits per heavy atom. The monoisotopic (exact) mass is 424 g/mol. The van der Waals surface area contributed by atoms with Gasteiger partial charge in [-0.1, -0.05) is 19.9 Å². The zero-order valence-corrected chi connectivity index (χ0v) is 17.6. The van der Waals surface area contributed by atoms with Crippen LogP contribution in [0.25, 0.3) is 0 Å². The molecule has 1 aliphatic heterocycles. The summed E-state index contributed by atoms with van der Waals surface area (Å²) in [6.45, 7) is 4.71. The van der Waals surface area contributed by atoms with Crippen molar-refractivity contribution in [1.82, 2.24) is 9.62 Å². The Labute approximate surface area is 169 Å². The first-order chi connectivity index (χ1) is 13.3. The number of amides is 1. The van der Waals surface area contributed by atoms with E-state index in [0.717, 1.165) is 17.0 Å². The Morgan fingerprint density at radius 1 is 1.18 bits per heavy atom. The number of nitrogens with zero attached hydrogens (tertiary/aromatic N) is 1. The third-order valence-corrected chi connectivity index (χ3v) is 7.96. The van der Waals surface area contributed by atoms with Gasteiger partial charge in [-0.2, -0.15) is 4.31 Å². The highest BCUT2D eigenvalue weighted by atomic mass is 32.2. The number of halogens is 1. The first-order valence-electron chi connectivity index (χ1n) is 9.38. The molecule has 8 heteroatoms. The average Bonchev–Trinajstić information content (AvgIpc) is 3.20. The van der Waals surface area contributed by atoms with Crippen molar-refractivity contribution in [2.45, 2.75) is 37.6 Å². The molecule has 1 aromatic carbocycles. The van der Waals surface area contributed by atoms with Crippen molar-refractivity contribution in [3.05, 3.63) is 52.5 Å². The summed E-state index contributed by atoms with van der Waals surface area (Å²) in [6, 6.07) is 8.80. The number of hydrogen-bond donors (Lipinski definition) is 1. The molecule has 28 heavy (non-hydrogen) atoms. The molecule has 2 heterocycles. The van der Waals surface area contributed by atoms with Crippen LogP contribution in [0.3, 0.4) is 0 Å². The molecule has 0 aliphatic carbocycles. The van der Waals surface area contributed by atoms with E-state index in [1.54, 1.807) is 11.3 Å². The van der Waals surface area contributed by atoms with Crippen LogP contribution in [0.4, 0.5) is 4.39 Å². The molecule has 1 aliphatic rings. The standard InChI is InChI=1S/C20H25FN2O3S2/c1-14(2)19(18-4-3-13-27-18)22-20(24)15-9-11-23(12-10-15)28(25,26)17-7-5-16(21)6-8-17/h3-8,13-15,19H,9-12H2,1-2H3,(H,22,24)/t19-/m0/s1. The molecule has 3 rings (SSSR count). The van der Waals surface area contributed by atoms with Crippen molar-refractivity contribution in [2.75, 3.05) is 13.1 Å². The number of carbonyl (C=O) groups excluding carboxylic acids is 1. The minimum Gasteiger partial charge on any atom is -0.348 e. The second-order valence-electron chi connectivity index (χ2n) is 7.38. The molecule has 0 saturated carbocycles. The van der Waals surface area contributed by atoms with Gasteiger partial charge < -0.3 is 5.32 Å². The molecule has 2 aromatic rings. The number of nitrogens with one attached hydrogen (secondary N) is 1. The van der Waals surface area contributed by atoms with Crippen LogP contribution in [0, 0.1) is 17.7 Å². The molecule has 1 saturated heterocycles. The molecule has 1 aromatic heterocycles. The lowest BCUT2D eigenvalue weighted by Crippen LogP contribution is -2.44. The number of thiophene rings is 1. The van der Waals surface area contributed by atoms with Gasteiger partial charge in [0.2, 0.25) is 15.9 Å². The molecular weight excluding hydrogens is 399 g/mol. The van der Waals surface area contributed by atoms with E-state index in [1.807, 2.05) is 17.5 Å². The number of piperidine rings is 1. The highest BCUT2D eigenvalue weighted by molar-refractivity contribution is 7.89. The highest BCUT2D eigenvalue weighted by Gasteiger charge is 2.33. The maximum absolute atomic E-state index is 13.1. The quantitative estimate of drug-likeness (QED) is 0.767. The number of carbonyl (C=O) groups is 1. The summed E-state index contributed by atoms with van der Waals surface area (Å²) in [5.41, 5.74) is 0. The van der Waals surface area contributed by atoms with Gasteiger partial charge in [-0.05, 0) is 54.5 Å². The highest BCUT2D eigenvalue weighted by Crippen LogP contribution is 2.28. The van der Waals surface area contributed by atoms with Crippen LogP contribution >= 0.6 is 11.3 Å². The molecule has 1 N–H and O–H groups in total. The molecule has 0 unspecified atom stereocenters.